The fourth-order valence-electron chi connectivity index (χ4n) is 3.90. The standard InChI is InChI=1S/C21H27N5O2/c1-15(2)19-12-24(10-9-20(27)25(19)11-16-7-8-16)21(28)17-5-3-4-6-18(17)26-14-22-13-23-26/h3-6,13-16,19H,7-12H2,1-2H3/t19-/m0/s1. The van der Waals surface area contributed by atoms with Crippen molar-refractivity contribution in [3.63, 3.8) is 0 Å². The zero-order chi connectivity index (χ0) is 19.7. The highest BCUT2D eigenvalue weighted by Gasteiger charge is 2.37. The third-order valence-corrected chi connectivity index (χ3v) is 5.73. The lowest BCUT2D eigenvalue weighted by molar-refractivity contribution is -0.133. The van der Waals surface area contributed by atoms with Crippen LogP contribution >= 0.6 is 0 Å². The van der Waals surface area contributed by atoms with Crippen molar-refractivity contribution in [2.45, 2.75) is 39.2 Å². The molecule has 0 N–H and O–H groups in total. The van der Waals surface area contributed by atoms with Crippen molar-refractivity contribution in [1.29, 1.82) is 0 Å². The van der Waals surface area contributed by atoms with Crippen LogP contribution in [0.25, 0.3) is 5.69 Å². The topological polar surface area (TPSA) is 71.3 Å². The predicted molar refractivity (Wildman–Crippen MR) is 105 cm³/mol. The number of amides is 2. The van der Waals surface area contributed by atoms with Crippen molar-refractivity contribution in [2.75, 3.05) is 19.6 Å². The Morgan fingerprint density at radius 3 is 2.71 bits per heavy atom. The van der Waals surface area contributed by atoms with Crippen LogP contribution in [0.3, 0.4) is 0 Å². The molecular weight excluding hydrogens is 354 g/mol. The minimum atomic E-state index is -0.0576. The van der Waals surface area contributed by atoms with Gasteiger partial charge in [0.05, 0.1) is 17.3 Å². The highest BCUT2D eigenvalue weighted by molar-refractivity contribution is 5.98. The first-order chi connectivity index (χ1) is 13.5. The van der Waals surface area contributed by atoms with Crippen LogP contribution in [0, 0.1) is 11.8 Å². The molecule has 1 aromatic heterocycles. The van der Waals surface area contributed by atoms with E-state index in [1.54, 1.807) is 11.0 Å². The lowest BCUT2D eigenvalue weighted by Gasteiger charge is -2.35. The second-order valence-electron chi connectivity index (χ2n) is 8.16. The quantitative estimate of drug-likeness (QED) is 0.797. The molecule has 0 radical (unpaired) electrons. The van der Waals surface area contributed by atoms with Crippen LogP contribution in [0.15, 0.2) is 36.9 Å². The third kappa shape index (κ3) is 3.79. The average Bonchev–Trinajstić information content (AvgIpc) is 3.39. The monoisotopic (exact) mass is 381 g/mol. The molecule has 2 aliphatic rings. The molecule has 7 nitrogen and oxygen atoms in total. The van der Waals surface area contributed by atoms with E-state index < -0.39 is 0 Å². The highest BCUT2D eigenvalue weighted by Crippen LogP contribution is 2.32. The molecule has 0 bridgehead atoms. The molecule has 4 rings (SSSR count). The fourth-order valence-corrected chi connectivity index (χ4v) is 3.90. The normalized spacial score (nSPS) is 20.5. The highest BCUT2D eigenvalue weighted by atomic mass is 16.2. The Balaban J connectivity index is 1.60. The van der Waals surface area contributed by atoms with E-state index in [2.05, 4.69) is 23.9 Å². The van der Waals surface area contributed by atoms with Gasteiger partial charge in [0.25, 0.3) is 5.91 Å². The van der Waals surface area contributed by atoms with E-state index in [9.17, 15) is 9.59 Å². The van der Waals surface area contributed by atoms with Gasteiger partial charge in [0.1, 0.15) is 12.7 Å². The molecule has 2 heterocycles. The van der Waals surface area contributed by atoms with Gasteiger partial charge in [-0.25, -0.2) is 9.67 Å². The maximum absolute atomic E-state index is 13.4. The van der Waals surface area contributed by atoms with E-state index in [0.29, 0.717) is 42.6 Å². The van der Waals surface area contributed by atoms with Crippen molar-refractivity contribution in [2.24, 2.45) is 11.8 Å². The Hall–Kier alpha value is -2.70. The number of aromatic nitrogens is 3. The maximum atomic E-state index is 13.4. The number of hydrogen-bond donors (Lipinski definition) is 0. The number of carbonyl (C=O) groups excluding carboxylic acids is 2. The van der Waals surface area contributed by atoms with Crippen LogP contribution in [0.4, 0.5) is 0 Å². The van der Waals surface area contributed by atoms with Crippen LogP contribution < -0.4 is 0 Å². The lowest BCUT2D eigenvalue weighted by atomic mass is 10.0. The van der Waals surface area contributed by atoms with Crippen LogP contribution in [-0.4, -0.2) is 62.1 Å². The van der Waals surface area contributed by atoms with E-state index in [-0.39, 0.29) is 17.9 Å². The molecular formula is C21H27N5O2. The average molecular weight is 381 g/mol. The van der Waals surface area contributed by atoms with Crippen molar-refractivity contribution < 1.29 is 9.59 Å². The summed E-state index contributed by atoms with van der Waals surface area (Å²) in [6.45, 7) is 6.12. The molecule has 1 aliphatic heterocycles. The van der Waals surface area contributed by atoms with Gasteiger partial charge < -0.3 is 9.80 Å². The summed E-state index contributed by atoms with van der Waals surface area (Å²) in [5, 5.41) is 4.17. The van der Waals surface area contributed by atoms with Crippen LogP contribution in [-0.2, 0) is 4.79 Å². The molecule has 148 valence electrons. The van der Waals surface area contributed by atoms with E-state index in [1.165, 1.54) is 19.2 Å². The van der Waals surface area contributed by atoms with Crippen molar-refractivity contribution in [3.8, 4) is 5.69 Å². The Kier molecular flexibility index (Phi) is 5.15. The zero-order valence-electron chi connectivity index (χ0n) is 16.5. The number of hydrogen-bond acceptors (Lipinski definition) is 4. The summed E-state index contributed by atoms with van der Waals surface area (Å²) in [5.41, 5.74) is 1.29. The summed E-state index contributed by atoms with van der Waals surface area (Å²) in [6, 6.07) is 7.48. The first kappa shape index (κ1) is 18.7. The minimum Gasteiger partial charge on any atom is -0.337 e. The Bertz CT molecular complexity index is 844. The minimum absolute atomic E-state index is 0.0538. The SMILES string of the molecule is CC(C)[C@@H]1CN(C(=O)c2ccccc2-n2cncn2)CCC(=O)N1CC1CC1. The van der Waals surface area contributed by atoms with Gasteiger partial charge in [-0.3, -0.25) is 9.59 Å². The van der Waals surface area contributed by atoms with Gasteiger partial charge in [-0.05, 0) is 36.8 Å². The first-order valence-corrected chi connectivity index (χ1v) is 10.1. The van der Waals surface area contributed by atoms with Gasteiger partial charge in [-0.1, -0.05) is 26.0 Å². The number of rotatable bonds is 5. The fraction of sp³-hybridized carbons (Fsp3) is 0.524. The van der Waals surface area contributed by atoms with Crippen LogP contribution in [0.5, 0.6) is 0 Å². The Morgan fingerprint density at radius 2 is 2.04 bits per heavy atom. The summed E-state index contributed by atoms with van der Waals surface area (Å²) in [5.74, 6) is 1.05. The third-order valence-electron chi connectivity index (χ3n) is 5.73. The van der Waals surface area contributed by atoms with E-state index >= 15 is 0 Å². The van der Waals surface area contributed by atoms with Crippen molar-refractivity contribution in [1.82, 2.24) is 24.6 Å². The van der Waals surface area contributed by atoms with Crippen LogP contribution in [0.1, 0.15) is 43.5 Å². The van der Waals surface area contributed by atoms with Crippen LogP contribution in [0.2, 0.25) is 0 Å². The molecule has 7 heteroatoms. The molecule has 2 fully saturated rings. The maximum Gasteiger partial charge on any atom is 0.256 e. The van der Waals surface area contributed by atoms with Gasteiger partial charge in [0.2, 0.25) is 5.91 Å². The summed E-state index contributed by atoms with van der Waals surface area (Å²) in [7, 11) is 0. The number of nitrogens with zero attached hydrogens (tertiary/aromatic N) is 5. The van der Waals surface area contributed by atoms with Gasteiger partial charge >= 0.3 is 0 Å². The Labute approximate surface area is 165 Å². The Morgan fingerprint density at radius 1 is 1.25 bits per heavy atom. The summed E-state index contributed by atoms with van der Waals surface area (Å²) < 4.78 is 1.61. The molecule has 0 unspecified atom stereocenters. The first-order valence-electron chi connectivity index (χ1n) is 10.1. The molecule has 1 aliphatic carbocycles. The van der Waals surface area contributed by atoms with Gasteiger partial charge in [-0.15, -0.1) is 0 Å². The molecule has 2 amide bonds. The summed E-state index contributed by atoms with van der Waals surface area (Å²) in [4.78, 5) is 34.1. The zero-order valence-corrected chi connectivity index (χ0v) is 16.5. The lowest BCUT2D eigenvalue weighted by Crippen LogP contribution is -2.48. The molecule has 2 aromatic rings. The van der Waals surface area contributed by atoms with E-state index in [0.717, 1.165) is 6.54 Å². The molecule has 1 saturated heterocycles. The number of carbonyl (C=O) groups is 2. The molecule has 1 aromatic carbocycles. The van der Waals surface area contributed by atoms with E-state index in [1.807, 2.05) is 34.1 Å². The number of benzene rings is 1. The molecule has 1 atom stereocenters. The predicted octanol–water partition coefficient (Wildman–Crippen LogP) is 2.38. The summed E-state index contributed by atoms with van der Waals surface area (Å²) in [6.07, 6.45) is 5.85. The second kappa shape index (κ2) is 7.73. The van der Waals surface area contributed by atoms with E-state index in [4.69, 9.17) is 0 Å². The largest absolute Gasteiger partial charge is 0.337 e. The van der Waals surface area contributed by atoms with Gasteiger partial charge in [0.15, 0.2) is 0 Å². The van der Waals surface area contributed by atoms with Gasteiger partial charge in [-0.2, -0.15) is 5.10 Å². The molecule has 1 saturated carbocycles. The molecule has 0 spiro atoms. The van der Waals surface area contributed by atoms with Gasteiger partial charge in [0, 0.05) is 26.1 Å². The smallest absolute Gasteiger partial charge is 0.256 e. The number of para-hydroxylation sites is 1. The molecule has 28 heavy (non-hydrogen) atoms. The van der Waals surface area contributed by atoms with Crippen molar-refractivity contribution in [3.05, 3.63) is 42.5 Å². The second-order valence-corrected chi connectivity index (χ2v) is 8.16. The summed E-state index contributed by atoms with van der Waals surface area (Å²) >= 11 is 0. The van der Waals surface area contributed by atoms with Crippen molar-refractivity contribution >= 4 is 11.8 Å².